The quantitative estimate of drug-likeness (QED) is 0.561. The predicted octanol–water partition coefficient (Wildman–Crippen LogP) is 1.46. The van der Waals surface area contributed by atoms with Crippen LogP contribution < -0.4 is 5.48 Å². The van der Waals surface area contributed by atoms with Crippen LogP contribution >= 0.6 is 0 Å². The van der Waals surface area contributed by atoms with Gasteiger partial charge in [-0.25, -0.2) is 17.5 Å². The lowest BCUT2D eigenvalue weighted by Crippen LogP contribution is -2.47. The topological polar surface area (TPSA) is 105 Å². The smallest absolute Gasteiger partial charge is 0.344 e. The summed E-state index contributed by atoms with van der Waals surface area (Å²) in [6, 6.07) is 7.86. The van der Waals surface area contributed by atoms with Gasteiger partial charge in [-0.1, -0.05) is 51.1 Å². The van der Waals surface area contributed by atoms with Crippen molar-refractivity contribution >= 4 is 21.9 Å². The second-order valence-corrected chi connectivity index (χ2v) is 10.3. The molecule has 2 heterocycles. The van der Waals surface area contributed by atoms with Gasteiger partial charge in [-0.2, -0.15) is 5.48 Å². The fraction of sp³-hybridized carbons (Fsp3) is 0.619. The highest BCUT2D eigenvalue weighted by Gasteiger charge is 2.57. The van der Waals surface area contributed by atoms with E-state index in [1.807, 2.05) is 51.1 Å². The van der Waals surface area contributed by atoms with Crippen LogP contribution in [0.25, 0.3) is 0 Å². The molecule has 3 rings (SSSR count). The first-order valence-electron chi connectivity index (χ1n) is 10.6. The average molecular weight is 454 g/mol. The summed E-state index contributed by atoms with van der Waals surface area (Å²) in [5.74, 6) is -1.59. The van der Waals surface area contributed by atoms with Gasteiger partial charge >= 0.3 is 5.97 Å². The van der Waals surface area contributed by atoms with Crippen LogP contribution in [0.15, 0.2) is 30.3 Å². The molecular formula is C21H31N3O6S. The van der Waals surface area contributed by atoms with Gasteiger partial charge in [0.25, 0.3) is 0 Å². The SMILES string of the molecule is CC[C@H]1C(=O)N(S(C)(=O)=O)[C@H]2CCN(OC(=O)[C@@H](NOCc3ccccc3)C(C)C)[C@H]12. The number of amides is 1. The van der Waals surface area contributed by atoms with Gasteiger partial charge in [-0.15, -0.1) is 5.06 Å². The molecule has 0 aromatic heterocycles. The second-order valence-electron chi connectivity index (χ2n) is 8.42. The van der Waals surface area contributed by atoms with E-state index in [-0.39, 0.29) is 5.92 Å². The van der Waals surface area contributed by atoms with Crippen LogP contribution in [0.2, 0.25) is 0 Å². The lowest BCUT2D eigenvalue weighted by Gasteiger charge is -2.28. The molecular weight excluding hydrogens is 422 g/mol. The normalized spacial score (nSPS) is 25.1. The Bertz CT molecular complexity index is 892. The maximum absolute atomic E-state index is 12.9. The van der Waals surface area contributed by atoms with Gasteiger partial charge in [0, 0.05) is 6.54 Å². The maximum atomic E-state index is 12.9. The summed E-state index contributed by atoms with van der Waals surface area (Å²) < 4.78 is 25.3. The standard InChI is InChI=1S/C21H31N3O6S/c1-5-16-19-17(24(20(16)25)31(4,27)28)11-12-23(19)30-21(26)18(14(2)3)22-29-13-15-9-7-6-8-10-15/h6-10,14,16-19,22H,5,11-13H2,1-4H3/t16-,17+,18+,19-/m1/s1. The Balaban J connectivity index is 1.66. The molecule has 2 saturated heterocycles. The molecule has 10 heteroatoms. The van der Waals surface area contributed by atoms with Crippen molar-refractivity contribution in [3.63, 3.8) is 0 Å². The van der Waals surface area contributed by atoms with E-state index in [1.165, 1.54) is 5.06 Å². The summed E-state index contributed by atoms with van der Waals surface area (Å²) in [5, 5.41) is 1.48. The number of carbonyl (C=O) groups excluding carboxylic acids is 2. The molecule has 4 atom stereocenters. The van der Waals surface area contributed by atoms with Crippen LogP contribution in [-0.4, -0.2) is 60.6 Å². The van der Waals surface area contributed by atoms with Crippen LogP contribution in [0.1, 0.15) is 39.2 Å². The van der Waals surface area contributed by atoms with E-state index in [2.05, 4.69) is 5.48 Å². The number of hydrogen-bond acceptors (Lipinski definition) is 8. The Morgan fingerprint density at radius 3 is 2.52 bits per heavy atom. The molecule has 1 N–H and O–H groups in total. The number of hydroxylamine groups is 3. The Labute approximate surface area is 183 Å². The fourth-order valence-corrected chi connectivity index (χ4v) is 5.50. The number of rotatable bonds is 9. The molecule has 0 bridgehead atoms. The molecule has 31 heavy (non-hydrogen) atoms. The van der Waals surface area contributed by atoms with E-state index >= 15 is 0 Å². The van der Waals surface area contributed by atoms with Crippen LogP contribution in [0.3, 0.4) is 0 Å². The predicted molar refractivity (Wildman–Crippen MR) is 113 cm³/mol. The minimum Gasteiger partial charge on any atom is -0.366 e. The van der Waals surface area contributed by atoms with E-state index in [4.69, 9.17) is 9.68 Å². The average Bonchev–Trinajstić information content (AvgIpc) is 3.21. The monoisotopic (exact) mass is 453 g/mol. The first-order chi connectivity index (χ1) is 14.6. The second kappa shape index (κ2) is 9.64. The number of nitrogens with zero attached hydrogens (tertiary/aromatic N) is 2. The Morgan fingerprint density at radius 1 is 1.26 bits per heavy atom. The Hall–Kier alpha value is -2.01. The maximum Gasteiger partial charge on any atom is 0.344 e. The molecule has 0 saturated carbocycles. The molecule has 172 valence electrons. The zero-order valence-electron chi connectivity index (χ0n) is 18.4. The van der Waals surface area contributed by atoms with Gasteiger partial charge in [-0.3, -0.25) is 9.63 Å². The number of carbonyl (C=O) groups is 2. The van der Waals surface area contributed by atoms with Crippen molar-refractivity contribution < 1.29 is 27.7 Å². The summed E-state index contributed by atoms with van der Waals surface area (Å²) in [6.45, 7) is 6.24. The van der Waals surface area contributed by atoms with Crippen LogP contribution in [0.4, 0.5) is 0 Å². The number of nitrogens with one attached hydrogen (secondary N) is 1. The highest BCUT2D eigenvalue weighted by atomic mass is 32.2. The summed E-state index contributed by atoms with van der Waals surface area (Å²) in [6.07, 6.45) is 1.93. The number of hydrogen-bond donors (Lipinski definition) is 1. The third kappa shape index (κ3) is 5.08. The minimum absolute atomic E-state index is 0.110. The number of benzene rings is 1. The van der Waals surface area contributed by atoms with Crippen molar-refractivity contribution in [3.05, 3.63) is 35.9 Å². The van der Waals surface area contributed by atoms with E-state index in [0.29, 0.717) is 26.0 Å². The molecule has 0 aliphatic carbocycles. The van der Waals surface area contributed by atoms with Gasteiger partial charge < -0.3 is 4.84 Å². The fourth-order valence-electron chi connectivity index (χ4n) is 4.32. The van der Waals surface area contributed by atoms with Crippen LogP contribution in [0, 0.1) is 11.8 Å². The van der Waals surface area contributed by atoms with Gasteiger partial charge in [0.2, 0.25) is 15.9 Å². The first kappa shape index (κ1) is 23.6. The summed E-state index contributed by atoms with van der Waals surface area (Å²) in [5.41, 5.74) is 3.76. The molecule has 2 aliphatic rings. The zero-order chi connectivity index (χ0) is 22.8. The van der Waals surface area contributed by atoms with Crippen LogP contribution in [0.5, 0.6) is 0 Å². The van der Waals surface area contributed by atoms with Gasteiger partial charge in [0.05, 0.1) is 30.9 Å². The van der Waals surface area contributed by atoms with Gasteiger partial charge in [0.15, 0.2) is 0 Å². The van der Waals surface area contributed by atoms with Crippen molar-refractivity contribution in [2.45, 2.75) is 58.3 Å². The summed E-state index contributed by atoms with van der Waals surface area (Å²) >= 11 is 0. The largest absolute Gasteiger partial charge is 0.366 e. The van der Waals surface area contributed by atoms with E-state index in [9.17, 15) is 18.0 Å². The third-order valence-electron chi connectivity index (χ3n) is 5.84. The first-order valence-corrected chi connectivity index (χ1v) is 12.4. The van der Waals surface area contributed by atoms with Crippen LogP contribution in [-0.2, 0) is 35.9 Å². The molecule has 2 aliphatic heterocycles. The zero-order valence-corrected chi connectivity index (χ0v) is 19.2. The Morgan fingerprint density at radius 2 is 1.94 bits per heavy atom. The molecule has 1 aromatic carbocycles. The summed E-state index contributed by atoms with van der Waals surface area (Å²) in [7, 11) is -3.68. The molecule has 2 fully saturated rings. The van der Waals surface area contributed by atoms with Crippen molar-refractivity contribution in [1.82, 2.24) is 14.8 Å². The highest BCUT2D eigenvalue weighted by molar-refractivity contribution is 7.88. The van der Waals surface area contributed by atoms with Crippen molar-refractivity contribution in [1.29, 1.82) is 0 Å². The molecule has 1 aromatic rings. The molecule has 0 spiro atoms. The molecule has 0 unspecified atom stereocenters. The van der Waals surface area contributed by atoms with E-state index in [1.54, 1.807) is 0 Å². The third-order valence-corrected chi connectivity index (χ3v) is 7.00. The molecule has 0 radical (unpaired) electrons. The molecule has 1 amide bonds. The van der Waals surface area contributed by atoms with Crippen molar-refractivity contribution in [3.8, 4) is 0 Å². The highest BCUT2D eigenvalue weighted by Crippen LogP contribution is 2.39. The van der Waals surface area contributed by atoms with Gasteiger partial charge in [-0.05, 0) is 24.3 Å². The van der Waals surface area contributed by atoms with Gasteiger partial charge in [0.1, 0.15) is 6.04 Å². The number of sulfonamides is 1. The Kier molecular flexibility index (Phi) is 7.35. The van der Waals surface area contributed by atoms with E-state index < -0.39 is 45.9 Å². The lowest BCUT2D eigenvalue weighted by molar-refractivity contribution is -0.206. The van der Waals surface area contributed by atoms with Crippen molar-refractivity contribution in [2.75, 3.05) is 12.8 Å². The summed E-state index contributed by atoms with van der Waals surface area (Å²) in [4.78, 5) is 36.8. The van der Waals surface area contributed by atoms with Crippen molar-refractivity contribution in [2.24, 2.45) is 11.8 Å². The minimum atomic E-state index is -3.68. The lowest BCUT2D eigenvalue weighted by atomic mass is 9.97. The van der Waals surface area contributed by atoms with E-state index in [0.717, 1.165) is 16.1 Å². The number of fused-ring (bicyclic) bond motifs is 1. The molecule has 9 nitrogen and oxygen atoms in total.